The number of amides is 1. The van der Waals surface area contributed by atoms with E-state index in [1.165, 1.54) is 18.3 Å². The lowest BCUT2D eigenvalue weighted by molar-refractivity contribution is 0.0691. The van der Waals surface area contributed by atoms with E-state index in [-0.39, 0.29) is 11.3 Å². The van der Waals surface area contributed by atoms with Crippen LogP contribution in [0.2, 0.25) is 0 Å². The number of carboxylic acids is 1. The van der Waals surface area contributed by atoms with E-state index in [9.17, 15) is 9.59 Å². The molecule has 0 unspecified atom stereocenters. The van der Waals surface area contributed by atoms with Crippen molar-refractivity contribution in [3.63, 3.8) is 0 Å². The van der Waals surface area contributed by atoms with Crippen LogP contribution in [-0.4, -0.2) is 26.6 Å². The number of aromatic nitrogens is 2. The molecule has 0 aliphatic carbocycles. The Bertz CT molecular complexity index is 627. The van der Waals surface area contributed by atoms with Crippen LogP contribution in [-0.2, 0) is 0 Å². The number of rotatable bonds is 3. The Hall–Kier alpha value is -2.63. The SMILES string of the molecule is Cc1ccc(C)n1NC(=O)c1ncccc1C(=O)O. The molecule has 98 valence electrons. The zero-order chi connectivity index (χ0) is 14.0. The van der Waals surface area contributed by atoms with Crippen molar-refractivity contribution in [1.29, 1.82) is 0 Å². The lowest BCUT2D eigenvalue weighted by Crippen LogP contribution is -2.27. The molecule has 0 aliphatic heterocycles. The number of carbonyl (C=O) groups excluding carboxylic acids is 1. The molecule has 2 heterocycles. The zero-order valence-corrected chi connectivity index (χ0v) is 10.5. The molecule has 6 heteroatoms. The third-order valence-electron chi connectivity index (χ3n) is 2.74. The van der Waals surface area contributed by atoms with Crippen molar-refractivity contribution in [2.75, 3.05) is 5.43 Å². The van der Waals surface area contributed by atoms with Crippen molar-refractivity contribution < 1.29 is 14.7 Å². The maximum atomic E-state index is 12.1. The van der Waals surface area contributed by atoms with Crippen molar-refractivity contribution in [3.8, 4) is 0 Å². The number of pyridine rings is 1. The Morgan fingerprint density at radius 2 is 1.84 bits per heavy atom. The lowest BCUT2D eigenvalue weighted by Gasteiger charge is -2.11. The molecule has 0 aliphatic rings. The Morgan fingerprint density at radius 3 is 2.42 bits per heavy atom. The highest BCUT2D eigenvalue weighted by atomic mass is 16.4. The topological polar surface area (TPSA) is 84.2 Å². The molecule has 19 heavy (non-hydrogen) atoms. The molecular weight excluding hydrogens is 246 g/mol. The van der Waals surface area contributed by atoms with Crippen LogP contribution in [0.4, 0.5) is 0 Å². The summed E-state index contributed by atoms with van der Waals surface area (Å²) in [7, 11) is 0. The van der Waals surface area contributed by atoms with Gasteiger partial charge in [0.1, 0.15) is 5.69 Å². The average Bonchev–Trinajstić information content (AvgIpc) is 2.70. The Balaban J connectivity index is 2.33. The standard InChI is InChI=1S/C13H13N3O3/c1-8-5-6-9(2)16(8)15-12(17)11-10(13(18)19)4-3-7-14-11/h3-7H,1-2H3,(H,15,17)(H,18,19). The van der Waals surface area contributed by atoms with Gasteiger partial charge in [0.2, 0.25) is 0 Å². The summed E-state index contributed by atoms with van der Waals surface area (Å²) in [6, 6.07) is 6.53. The first-order chi connectivity index (χ1) is 9.00. The minimum absolute atomic E-state index is 0.109. The molecule has 0 saturated carbocycles. The predicted octanol–water partition coefficient (Wildman–Crippen LogP) is 1.58. The highest BCUT2D eigenvalue weighted by Crippen LogP contribution is 2.08. The fraction of sp³-hybridized carbons (Fsp3) is 0.154. The van der Waals surface area contributed by atoms with E-state index in [2.05, 4.69) is 10.4 Å². The van der Waals surface area contributed by atoms with Gasteiger partial charge < -0.3 is 5.11 Å². The normalized spacial score (nSPS) is 10.2. The van der Waals surface area contributed by atoms with Gasteiger partial charge in [-0.1, -0.05) is 0 Å². The van der Waals surface area contributed by atoms with Gasteiger partial charge in [-0.3, -0.25) is 19.9 Å². The first kappa shape index (κ1) is 12.8. The molecule has 6 nitrogen and oxygen atoms in total. The minimum Gasteiger partial charge on any atom is -0.478 e. The van der Waals surface area contributed by atoms with E-state index in [1.54, 1.807) is 4.68 Å². The molecule has 0 saturated heterocycles. The molecule has 0 bridgehead atoms. The van der Waals surface area contributed by atoms with E-state index in [4.69, 9.17) is 5.11 Å². The second kappa shape index (κ2) is 4.93. The van der Waals surface area contributed by atoms with Gasteiger partial charge in [0, 0.05) is 17.6 Å². The molecule has 0 spiro atoms. The third kappa shape index (κ3) is 2.47. The molecule has 0 radical (unpaired) electrons. The van der Waals surface area contributed by atoms with Crippen molar-refractivity contribution in [1.82, 2.24) is 9.66 Å². The van der Waals surface area contributed by atoms with Crippen LogP contribution in [0.25, 0.3) is 0 Å². The van der Waals surface area contributed by atoms with Crippen LogP contribution >= 0.6 is 0 Å². The van der Waals surface area contributed by atoms with Gasteiger partial charge in [0.25, 0.3) is 5.91 Å². The van der Waals surface area contributed by atoms with Gasteiger partial charge in [0.15, 0.2) is 0 Å². The summed E-state index contributed by atoms with van der Waals surface area (Å²) in [4.78, 5) is 27.0. The van der Waals surface area contributed by atoms with Crippen LogP contribution in [0.3, 0.4) is 0 Å². The summed E-state index contributed by atoms with van der Waals surface area (Å²) < 4.78 is 1.59. The van der Waals surface area contributed by atoms with Crippen LogP contribution in [0.15, 0.2) is 30.5 Å². The number of nitrogens with zero attached hydrogens (tertiary/aromatic N) is 2. The van der Waals surface area contributed by atoms with E-state index in [0.29, 0.717) is 0 Å². The maximum Gasteiger partial charge on any atom is 0.338 e. The van der Waals surface area contributed by atoms with E-state index >= 15 is 0 Å². The maximum absolute atomic E-state index is 12.1. The first-order valence-corrected chi connectivity index (χ1v) is 5.65. The highest BCUT2D eigenvalue weighted by Gasteiger charge is 2.18. The summed E-state index contributed by atoms with van der Waals surface area (Å²) in [6.45, 7) is 3.67. The van der Waals surface area contributed by atoms with Gasteiger partial charge in [-0.2, -0.15) is 0 Å². The number of aromatic carboxylic acids is 1. The quantitative estimate of drug-likeness (QED) is 0.876. The highest BCUT2D eigenvalue weighted by molar-refractivity contribution is 6.06. The zero-order valence-electron chi connectivity index (χ0n) is 10.5. The lowest BCUT2D eigenvalue weighted by atomic mass is 10.2. The Morgan fingerprint density at radius 1 is 1.21 bits per heavy atom. The summed E-state index contributed by atoms with van der Waals surface area (Å²) in [5.41, 5.74) is 4.08. The Labute approximate surface area is 109 Å². The molecule has 2 N–H and O–H groups in total. The van der Waals surface area contributed by atoms with Crippen molar-refractivity contribution in [2.24, 2.45) is 0 Å². The minimum atomic E-state index is -1.18. The Kier molecular flexibility index (Phi) is 3.33. The predicted molar refractivity (Wildman–Crippen MR) is 68.8 cm³/mol. The van der Waals surface area contributed by atoms with E-state index in [1.807, 2.05) is 26.0 Å². The van der Waals surface area contributed by atoms with Crippen molar-refractivity contribution >= 4 is 11.9 Å². The summed E-state index contributed by atoms with van der Waals surface area (Å²) in [5.74, 6) is -1.74. The second-order valence-electron chi connectivity index (χ2n) is 4.10. The molecule has 2 aromatic heterocycles. The van der Waals surface area contributed by atoms with Gasteiger partial charge in [-0.25, -0.2) is 4.79 Å². The van der Waals surface area contributed by atoms with Gasteiger partial charge >= 0.3 is 5.97 Å². The molecule has 2 aromatic rings. The smallest absolute Gasteiger partial charge is 0.338 e. The fourth-order valence-electron chi connectivity index (χ4n) is 1.76. The second-order valence-corrected chi connectivity index (χ2v) is 4.10. The summed E-state index contributed by atoms with van der Waals surface area (Å²) in [6.07, 6.45) is 1.39. The molecule has 1 amide bonds. The summed E-state index contributed by atoms with van der Waals surface area (Å²) >= 11 is 0. The van der Waals surface area contributed by atoms with Gasteiger partial charge in [-0.05, 0) is 38.1 Å². The number of aryl methyl sites for hydroxylation is 2. The number of carbonyl (C=O) groups is 2. The number of carboxylic acid groups (broad SMARTS) is 1. The average molecular weight is 259 g/mol. The van der Waals surface area contributed by atoms with Crippen LogP contribution in [0.1, 0.15) is 32.2 Å². The third-order valence-corrected chi connectivity index (χ3v) is 2.74. The van der Waals surface area contributed by atoms with Crippen molar-refractivity contribution in [3.05, 3.63) is 53.1 Å². The van der Waals surface area contributed by atoms with E-state index < -0.39 is 11.9 Å². The molecular formula is C13H13N3O3. The molecule has 0 fully saturated rings. The van der Waals surface area contributed by atoms with Crippen LogP contribution in [0, 0.1) is 13.8 Å². The monoisotopic (exact) mass is 259 g/mol. The number of hydrogen-bond acceptors (Lipinski definition) is 3. The fourth-order valence-corrected chi connectivity index (χ4v) is 1.76. The largest absolute Gasteiger partial charge is 0.478 e. The molecule has 0 atom stereocenters. The van der Waals surface area contributed by atoms with Crippen LogP contribution in [0.5, 0.6) is 0 Å². The number of nitrogens with one attached hydrogen (secondary N) is 1. The molecule has 2 rings (SSSR count). The van der Waals surface area contributed by atoms with Gasteiger partial charge in [-0.15, -0.1) is 0 Å². The van der Waals surface area contributed by atoms with E-state index in [0.717, 1.165) is 11.4 Å². The number of hydrogen-bond donors (Lipinski definition) is 2. The van der Waals surface area contributed by atoms with Gasteiger partial charge in [0.05, 0.1) is 5.56 Å². The first-order valence-electron chi connectivity index (χ1n) is 5.65. The molecule has 0 aromatic carbocycles. The van der Waals surface area contributed by atoms with Crippen molar-refractivity contribution in [2.45, 2.75) is 13.8 Å². The van der Waals surface area contributed by atoms with Crippen LogP contribution < -0.4 is 5.43 Å². The summed E-state index contributed by atoms with van der Waals surface area (Å²) in [5, 5.41) is 9.02.